The molecule has 0 aliphatic heterocycles. The van der Waals surface area contributed by atoms with Gasteiger partial charge < -0.3 is 19.5 Å². The van der Waals surface area contributed by atoms with E-state index in [1.165, 1.54) is 14.2 Å². The third kappa shape index (κ3) is 3.65. The average Bonchev–Trinajstić information content (AvgIpc) is 3.31. The Morgan fingerprint density at radius 1 is 1.29 bits per heavy atom. The molecule has 21 heavy (non-hydrogen) atoms. The molecule has 1 amide bonds. The van der Waals surface area contributed by atoms with E-state index < -0.39 is 5.97 Å². The second-order valence-electron chi connectivity index (χ2n) is 4.94. The monoisotopic (exact) mass is 293 g/mol. The number of hydrogen-bond acceptors (Lipinski definition) is 4. The van der Waals surface area contributed by atoms with Crippen molar-refractivity contribution in [3.05, 3.63) is 23.8 Å². The zero-order valence-electron chi connectivity index (χ0n) is 12.2. The summed E-state index contributed by atoms with van der Waals surface area (Å²) in [5.74, 6) is -0.101. The van der Waals surface area contributed by atoms with Crippen molar-refractivity contribution in [3.63, 3.8) is 0 Å². The Morgan fingerprint density at radius 2 is 2.00 bits per heavy atom. The van der Waals surface area contributed by atoms with E-state index in [0.717, 1.165) is 12.8 Å². The van der Waals surface area contributed by atoms with Crippen molar-refractivity contribution in [3.8, 4) is 11.5 Å². The number of aliphatic carboxylic acids is 1. The van der Waals surface area contributed by atoms with E-state index >= 15 is 0 Å². The fraction of sp³-hybridized carbons (Fsp3) is 0.467. The third-order valence-corrected chi connectivity index (χ3v) is 3.45. The predicted octanol–water partition coefficient (Wildman–Crippen LogP) is 1.78. The minimum absolute atomic E-state index is 0.0610. The standard InChI is InChI=1S/C15H19NO5/c1-20-11-5-6-13(21-2)12(9-11)15(19)16(10-3-4-10)8-7-14(17)18/h5-6,9-10H,3-4,7-8H2,1-2H3,(H,17,18). The number of ether oxygens (including phenoxy) is 2. The van der Waals surface area contributed by atoms with Gasteiger partial charge in [-0.3, -0.25) is 9.59 Å². The Morgan fingerprint density at radius 3 is 2.52 bits per heavy atom. The summed E-state index contributed by atoms with van der Waals surface area (Å²) in [6.07, 6.45) is 1.77. The van der Waals surface area contributed by atoms with Crippen LogP contribution in [0.15, 0.2) is 18.2 Å². The van der Waals surface area contributed by atoms with Gasteiger partial charge >= 0.3 is 5.97 Å². The number of carboxylic acids is 1. The van der Waals surface area contributed by atoms with Gasteiger partial charge in [0.15, 0.2) is 0 Å². The molecule has 6 heteroatoms. The highest BCUT2D eigenvalue weighted by molar-refractivity contribution is 5.98. The van der Waals surface area contributed by atoms with Crippen LogP contribution in [-0.2, 0) is 4.79 Å². The summed E-state index contributed by atoms with van der Waals surface area (Å²) in [7, 11) is 3.02. The molecule has 0 radical (unpaired) electrons. The average molecular weight is 293 g/mol. The topological polar surface area (TPSA) is 76.1 Å². The fourth-order valence-corrected chi connectivity index (χ4v) is 2.19. The van der Waals surface area contributed by atoms with Crippen molar-refractivity contribution >= 4 is 11.9 Å². The molecular weight excluding hydrogens is 274 g/mol. The van der Waals surface area contributed by atoms with Crippen LogP contribution in [0.3, 0.4) is 0 Å². The molecule has 1 saturated carbocycles. The van der Waals surface area contributed by atoms with E-state index in [0.29, 0.717) is 17.1 Å². The first kappa shape index (κ1) is 15.2. The van der Waals surface area contributed by atoms with Crippen LogP contribution in [0.5, 0.6) is 11.5 Å². The number of carboxylic acid groups (broad SMARTS) is 1. The fourth-order valence-electron chi connectivity index (χ4n) is 2.19. The molecule has 0 bridgehead atoms. The van der Waals surface area contributed by atoms with Crippen LogP contribution in [-0.4, -0.2) is 48.7 Å². The molecule has 0 saturated heterocycles. The summed E-state index contributed by atoms with van der Waals surface area (Å²) in [5, 5.41) is 8.82. The first-order chi connectivity index (χ1) is 10.1. The highest BCUT2D eigenvalue weighted by atomic mass is 16.5. The summed E-state index contributed by atoms with van der Waals surface area (Å²) in [4.78, 5) is 25.0. The van der Waals surface area contributed by atoms with Crippen molar-refractivity contribution in [2.75, 3.05) is 20.8 Å². The van der Waals surface area contributed by atoms with E-state index in [1.807, 2.05) is 0 Å². The number of carbonyl (C=O) groups excluding carboxylic acids is 1. The summed E-state index contributed by atoms with van der Waals surface area (Å²) in [6.45, 7) is 0.208. The molecule has 1 fully saturated rings. The smallest absolute Gasteiger partial charge is 0.305 e. The molecule has 6 nitrogen and oxygen atoms in total. The number of benzene rings is 1. The SMILES string of the molecule is COc1ccc(OC)c(C(=O)N(CCC(=O)O)C2CC2)c1. The Hall–Kier alpha value is -2.24. The van der Waals surface area contributed by atoms with Crippen LogP contribution in [0.2, 0.25) is 0 Å². The number of carbonyl (C=O) groups is 2. The van der Waals surface area contributed by atoms with Crippen LogP contribution in [0, 0.1) is 0 Å². The largest absolute Gasteiger partial charge is 0.497 e. The molecular formula is C15H19NO5. The van der Waals surface area contributed by atoms with Gasteiger partial charge in [-0.05, 0) is 31.0 Å². The lowest BCUT2D eigenvalue weighted by molar-refractivity contribution is -0.137. The van der Waals surface area contributed by atoms with Crippen molar-refractivity contribution in [1.82, 2.24) is 4.90 Å². The number of rotatable bonds is 7. The second-order valence-corrected chi connectivity index (χ2v) is 4.94. The van der Waals surface area contributed by atoms with Crippen LogP contribution >= 0.6 is 0 Å². The number of methoxy groups -OCH3 is 2. The molecule has 1 N–H and O–H groups in total. The summed E-state index contributed by atoms with van der Waals surface area (Å²) >= 11 is 0. The van der Waals surface area contributed by atoms with Gasteiger partial charge in [0.1, 0.15) is 11.5 Å². The Labute approximate surface area is 123 Å². The summed E-state index contributed by atoms with van der Waals surface area (Å²) in [6, 6.07) is 5.15. The van der Waals surface area contributed by atoms with Crippen molar-refractivity contribution < 1.29 is 24.2 Å². The maximum absolute atomic E-state index is 12.7. The van der Waals surface area contributed by atoms with Crippen LogP contribution in [0.25, 0.3) is 0 Å². The van der Waals surface area contributed by atoms with Crippen LogP contribution in [0.4, 0.5) is 0 Å². The van der Waals surface area contributed by atoms with E-state index in [1.54, 1.807) is 23.1 Å². The highest BCUT2D eigenvalue weighted by Gasteiger charge is 2.34. The summed E-state index contributed by atoms with van der Waals surface area (Å²) < 4.78 is 10.4. The van der Waals surface area contributed by atoms with Gasteiger partial charge in [0, 0.05) is 12.6 Å². The molecule has 0 aromatic heterocycles. The predicted molar refractivity (Wildman–Crippen MR) is 75.9 cm³/mol. The van der Waals surface area contributed by atoms with E-state index in [9.17, 15) is 9.59 Å². The molecule has 0 heterocycles. The quantitative estimate of drug-likeness (QED) is 0.829. The van der Waals surface area contributed by atoms with E-state index in [-0.39, 0.29) is 24.9 Å². The third-order valence-electron chi connectivity index (χ3n) is 3.45. The lowest BCUT2D eigenvalue weighted by Gasteiger charge is -2.23. The minimum Gasteiger partial charge on any atom is -0.497 e. The number of hydrogen-bond donors (Lipinski definition) is 1. The molecule has 0 unspecified atom stereocenters. The van der Waals surface area contributed by atoms with E-state index in [4.69, 9.17) is 14.6 Å². The second kappa shape index (κ2) is 6.47. The number of amides is 1. The molecule has 0 atom stereocenters. The maximum Gasteiger partial charge on any atom is 0.305 e. The van der Waals surface area contributed by atoms with Gasteiger partial charge in [0.25, 0.3) is 5.91 Å². The highest BCUT2D eigenvalue weighted by Crippen LogP contribution is 2.31. The summed E-state index contributed by atoms with van der Waals surface area (Å²) in [5.41, 5.74) is 0.397. The van der Waals surface area contributed by atoms with E-state index in [2.05, 4.69) is 0 Å². The van der Waals surface area contributed by atoms with Crippen molar-refractivity contribution in [2.24, 2.45) is 0 Å². The molecule has 1 aliphatic carbocycles. The normalized spacial score (nSPS) is 13.6. The van der Waals surface area contributed by atoms with Crippen molar-refractivity contribution in [2.45, 2.75) is 25.3 Å². The zero-order valence-corrected chi connectivity index (χ0v) is 12.2. The van der Waals surface area contributed by atoms with Gasteiger partial charge in [0.2, 0.25) is 0 Å². The molecule has 114 valence electrons. The zero-order chi connectivity index (χ0) is 15.4. The number of nitrogens with zero attached hydrogens (tertiary/aromatic N) is 1. The Balaban J connectivity index is 2.24. The van der Waals surface area contributed by atoms with Crippen molar-refractivity contribution in [1.29, 1.82) is 0 Å². The van der Waals surface area contributed by atoms with Gasteiger partial charge in [-0.25, -0.2) is 0 Å². The maximum atomic E-state index is 12.7. The minimum atomic E-state index is -0.911. The molecule has 2 rings (SSSR count). The molecule has 1 aromatic rings. The Kier molecular flexibility index (Phi) is 4.67. The Bertz CT molecular complexity index is 539. The molecule has 1 aromatic carbocycles. The van der Waals surface area contributed by atoms with Gasteiger partial charge in [-0.1, -0.05) is 0 Å². The first-order valence-corrected chi connectivity index (χ1v) is 6.81. The molecule has 0 spiro atoms. The van der Waals surface area contributed by atoms with Gasteiger partial charge in [0.05, 0.1) is 26.2 Å². The van der Waals surface area contributed by atoms with Crippen LogP contribution in [0.1, 0.15) is 29.6 Å². The lowest BCUT2D eigenvalue weighted by Crippen LogP contribution is -2.35. The van der Waals surface area contributed by atoms with Gasteiger partial charge in [-0.2, -0.15) is 0 Å². The first-order valence-electron chi connectivity index (χ1n) is 6.81. The van der Waals surface area contributed by atoms with Gasteiger partial charge in [-0.15, -0.1) is 0 Å². The van der Waals surface area contributed by atoms with Crippen LogP contribution < -0.4 is 9.47 Å². The lowest BCUT2D eigenvalue weighted by atomic mass is 10.1. The molecule has 1 aliphatic rings.